The second-order valence-corrected chi connectivity index (χ2v) is 6.84. The van der Waals surface area contributed by atoms with Crippen LogP contribution in [0.5, 0.6) is 0 Å². The highest BCUT2D eigenvalue weighted by atomic mass is 35.5. The molecule has 0 bridgehead atoms. The third-order valence-corrected chi connectivity index (χ3v) is 4.65. The van der Waals surface area contributed by atoms with Gasteiger partial charge in [-0.15, -0.1) is 10.2 Å². The van der Waals surface area contributed by atoms with Crippen LogP contribution in [0.15, 0.2) is 77.2 Å². The third-order valence-electron chi connectivity index (χ3n) is 4.39. The lowest BCUT2D eigenvalue weighted by molar-refractivity contribution is 0.494. The topological polar surface area (TPSA) is 51.0 Å². The Labute approximate surface area is 167 Å². The van der Waals surface area contributed by atoms with Crippen LogP contribution in [0.4, 0.5) is 10.1 Å². The number of nitrogens with zero attached hydrogens (tertiary/aromatic N) is 2. The number of halogens is 2. The zero-order valence-electron chi connectivity index (χ0n) is 15.1. The van der Waals surface area contributed by atoms with E-state index >= 15 is 0 Å². The van der Waals surface area contributed by atoms with Crippen LogP contribution in [-0.4, -0.2) is 10.2 Å². The maximum Gasteiger partial charge on any atom is 0.247 e. The van der Waals surface area contributed by atoms with Crippen LogP contribution in [0.25, 0.3) is 11.5 Å². The molecule has 28 heavy (non-hydrogen) atoms. The highest BCUT2D eigenvalue weighted by Gasteiger charge is 2.22. The Balaban J connectivity index is 1.71. The van der Waals surface area contributed by atoms with Gasteiger partial charge in [-0.3, -0.25) is 0 Å². The zero-order valence-corrected chi connectivity index (χ0v) is 15.8. The molecule has 0 amide bonds. The van der Waals surface area contributed by atoms with Gasteiger partial charge in [0.25, 0.3) is 0 Å². The molecule has 1 N–H and O–H groups in total. The number of hydrogen-bond donors (Lipinski definition) is 1. The van der Waals surface area contributed by atoms with Gasteiger partial charge < -0.3 is 9.73 Å². The third kappa shape index (κ3) is 3.89. The summed E-state index contributed by atoms with van der Waals surface area (Å²) in [6.07, 6.45) is 0. The van der Waals surface area contributed by atoms with Gasteiger partial charge in [-0.1, -0.05) is 48.0 Å². The minimum atomic E-state index is -0.454. The van der Waals surface area contributed by atoms with E-state index in [1.54, 1.807) is 25.1 Å². The first-order chi connectivity index (χ1) is 13.6. The molecule has 0 aliphatic rings. The van der Waals surface area contributed by atoms with Crippen molar-refractivity contribution < 1.29 is 8.81 Å². The molecule has 6 heteroatoms. The number of aryl methyl sites for hydroxylation is 1. The molecule has 140 valence electrons. The number of aromatic nitrogens is 2. The van der Waals surface area contributed by atoms with Crippen LogP contribution >= 0.6 is 11.6 Å². The van der Waals surface area contributed by atoms with Crippen molar-refractivity contribution in [1.82, 2.24) is 10.2 Å². The molecule has 1 heterocycles. The van der Waals surface area contributed by atoms with E-state index in [1.165, 1.54) is 6.07 Å². The standard InChI is InChI=1S/C22H17ClFN3O/c1-14-7-12-18(13-19(14)24)25-20(15-8-10-17(23)11-9-15)22-27-26-21(28-22)16-5-3-2-4-6-16/h2-13,20,25H,1H3/t20-/m0/s1. The van der Waals surface area contributed by atoms with Gasteiger partial charge in [-0.05, 0) is 54.4 Å². The molecule has 4 nitrogen and oxygen atoms in total. The molecule has 1 atom stereocenters. The fourth-order valence-electron chi connectivity index (χ4n) is 2.84. The predicted molar refractivity (Wildman–Crippen MR) is 108 cm³/mol. The molecule has 0 saturated carbocycles. The Bertz CT molecular complexity index is 1080. The number of hydrogen-bond acceptors (Lipinski definition) is 4. The molecule has 1 aromatic heterocycles. The Hall–Kier alpha value is -3.18. The zero-order chi connectivity index (χ0) is 19.5. The molecule has 0 saturated heterocycles. The van der Waals surface area contributed by atoms with E-state index in [-0.39, 0.29) is 5.82 Å². The Morgan fingerprint density at radius 1 is 0.964 bits per heavy atom. The lowest BCUT2D eigenvalue weighted by atomic mass is 10.1. The monoisotopic (exact) mass is 393 g/mol. The van der Waals surface area contributed by atoms with Gasteiger partial charge in [0.05, 0.1) is 0 Å². The summed E-state index contributed by atoms with van der Waals surface area (Å²) >= 11 is 6.02. The molecule has 0 fully saturated rings. The largest absolute Gasteiger partial charge is 0.418 e. The summed E-state index contributed by atoms with van der Waals surface area (Å²) < 4.78 is 19.9. The molecule has 4 rings (SSSR count). The van der Waals surface area contributed by atoms with E-state index in [0.29, 0.717) is 28.1 Å². The lowest BCUT2D eigenvalue weighted by Crippen LogP contribution is -2.13. The van der Waals surface area contributed by atoms with E-state index in [0.717, 1.165) is 11.1 Å². The van der Waals surface area contributed by atoms with Gasteiger partial charge in [-0.2, -0.15) is 0 Å². The summed E-state index contributed by atoms with van der Waals surface area (Å²) in [5.74, 6) is 0.518. The van der Waals surface area contributed by atoms with Crippen molar-refractivity contribution in [2.75, 3.05) is 5.32 Å². The molecule has 0 unspecified atom stereocenters. The van der Waals surface area contributed by atoms with Crippen molar-refractivity contribution in [2.24, 2.45) is 0 Å². The Morgan fingerprint density at radius 2 is 1.71 bits per heavy atom. The SMILES string of the molecule is Cc1ccc(N[C@@H](c2ccc(Cl)cc2)c2nnc(-c3ccccc3)o2)cc1F. The van der Waals surface area contributed by atoms with E-state index in [9.17, 15) is 4.39 Å². The first kappa shape index (κ1) is 18.2. The average molecular weight is 394 g/mol. The molecule has 0 radical (unpaired) electrons. The van der Waals surface area contributed by atoms with E-state index in [1.807, 2.05) is 48.5 Å². The van der Waals surface area contributed by atoms with Crippen molar-refractivity contribution in [1.29, 1.82) is 0 Å². The summed E-state index contributed by atoms with van der Waals surface area (Å²) in [7, 11) is 0. The minimum Gasteiger partial charge on any atom is -0.418 e. The maximum absolute atomic E-state index is 14.0. The van der Waals surface area contributed by atoms with E-state index in [4.69, 9.17) is 16.0 Å². The van der Waals surface area contributed by atoms with Crippen LogP contribution in [0.1, 0.15) is 23.1 Å². The highest BCUT2D eigenvalue weighted by molar-refractivity contribution is 6.30. The Kier molecular flexibility index (Phi) is 5.08. The minimum absolute atomic E-state index is 0.282. The molecular formula is C22H17ClFN3O. The molecule has 0 aliphatic heterocycles. The first-order valence-corrected chi connectivity index (χ1v) is 9.15. The number of nitrogens with one attached hydrogen (secondary N) is 1. The van der Waals surface area contributed by atoms with E-state index in [2.05, 4.69) is 15.5 Å². The molecule has 0 aliphatic carbocycles. The number of rotatable bonds is 5. The second kappa shape index (κ2) is 7.82. The average Bonchev–Trinajstić information content (AvgIpc) is 3.20. The summed E-state index contributed by atoms with van der Waals surface area (Å²) in [6, 6.07) is 21.4. The quantitative estimate of drug-likeness (QED) is 0.449. The van der Waals surface area contributed by atoms with Crippen LogP contribution in [0.2, 0.25) is 5.02 Å². The molecule has 0 spiro atoms. The van der Waals surface area contributed by atoms with Gasteiger partial charge in [0, 0.05) is 16.3 Å². The lowest BCUT2D eigenvalue weighted by Gasteiger charge is -2.17. The first-order valence-electron chi connectivity index (χ1n) is 8.77. The summed E-state index contributed by atoms with van der Waals surface area (Å²) in [5, 5.41) is 12.3. The highest BCUT2D eigenvalue weighted by Crippen LogP contribution is 2.29. The van der Waals surface area contributed by atoms with Crippen molar-refractivity contribution >= 4 is 17.3 Å². The van der Waals surface area contributed by atoms with Crippen LogP contribution < -0.4 is 5.32 Å². The maximum atomic E-state index is 14.0. The van der Waals surface area contributed by atoms with Crippen LogP contribution in [0.3, 0.4) is 0 Å². The van der Waals surface area contributed by atoms with Gasteiger partial charge >= 0.3 is 0 Å². The smallest absolute Gasteiger partial charge is 0.247 e. The molecular weight excluding hydrogens is 377 g/mol. The van der Waals surface area contributed by atoms with Crippen molar-refractivity contribution in [3.8, 4) is 11.5 Å². The van der Waals surface area contributed by atoms with Crippen molar-refractivity contribution in [3.63, 3.8) is 0 Å². The fourth-order valence-corrected chi connectivity index (χ4v) is 2.97. The molecule has 3 aromatic carbocycles. The summed E-state index contributed by atoms with van der Waals surface area (Å²) in [6.45, 7) is 1.72. The van der Waals surface area contributed by atoms with E-state index < -0.39 is 6.04 Å². The molecule has 4 aromatic rings. The predicted octanol–water partition coefficient (Wildman–Crippen LogP) is 6.04. The van der Waals surface area contributed by atoms with Crippen LogP contribution in [-0.2, 0) is 0 Å². The van der Waals surface area contributed by atoms with Crippen molar-refractivity contribution in [2.45, 2.75) is 13.0 Å². The normalized spacial score (nSPS) is 12.0. The van der Waals surface area contributed by atoms with Gasteiger partial charge in [-0.25, -0.2) is 4.39 Å². The summed E-state index contributed by atoms with van der Waals surface area (Å²) in [5.41, 5.74) is 2.89. The van der Waals surface area contributed by atoms with Gasteiger partial charge in [0.2, 0.25) is 11.8 Å². The van der Waals surface area contributed by atoms with Crippen molar-refractivity contribution in [3.05, 3.63) is 101 Å². The second-order valence-electron chi connectivity index (χ2n) is 6.40. The number of anilines is 1. The summed E-state index contributed by atoms with van der Waals surface area (Å²) in [4.78, 5) is 0. The van der Waals surface area contributed by atoms with Crippen LogP contribution in [0, 0.1) is 12.7 Å². The fraction of sp³-hybridized carbons (Fsp3) is 0.0909. The van der Waals surface area contributed by atoms with Gasteiger partial charge in [0.1, 0.15) is 11.9 Å². The Morgan fingerprint density at radius 3 is 2.43 bits per heavy atom. The number of benzene rings is 3. The van der Waals surface area contributed by atoms with Gasteiger partial charge in [0.15, 0.2) is 0 Å².